The number of nitrogens with zero attached hydrogens (tertiary/aromatic N) is 3. The van der Waals surface area contributed by atoms with Crippen molar-refractivity contribution in [2.75, 3.05) is 19.5 Å². The van der Waals surface area contributed by atoms with Crippen LogP contribution in [-0.4, -0.2) is 34.9 Å². The van der Waals surface area contributed by atoms with E-state index < -0.39 is 5.91 Å². The Kier molecular flexibility index (Phi) is 4.83. The summed E-state index contributed by atoms with van der Waals surface area (Å²) in [5.41, 5.74) is 1.04. The minimum absolute atomic E-state index is 0.0169. The van der Waals surface area contributed by atoms with Gasteiger partial charge >= 0.3 is 0 Å². The summed E-state index contributed by atoms with van der Waals surface area (Å²) in [6, 6.07) is 10.8. The summed E-state index contributed by atoms with van der Waals surface area (Å²) in [5, 5.41) is 6.91. The zero-order chi connectivity index (χ0) is 18.7. The predicted molar refractivity (Wildman–Crippen MR) is 93.6 cm³/mol. The lowest BCUT2D eigenvalue weighted by molar-refractivity contribution is 0.101. The summed E-state index contributed by atoms with van der Waals surface area (Å²) in [6.45, 7) is 1.71. The standard InChI is InChI=1S/C18H17FN4O3/c1-11-20-17(22-23(11)13-6-4-12(19)5-7-13)18(24)21-15-10-14(25-2)8-9-16(15)26-3/h4-10H,1-3H3,(H,21,24). The highest BCUT2D eigenvalue weighted by Crippen LogP contribution is 2.29. The summed E-state index contributed by atoms with van der Waals surface area (Å²) in [6.07, 6.45) is 0. The van der Waals surface area contributed by atoms with Crippen LogP contribution in [0.5, 0.6) is 11.5 Å². The molecule has 1 amide bonds. The molecule has 0 saturated carbocycles. The van der Waals surface area contributed by atoms with E-state index in [2.05, 4.69) is 15.4 Å². The third-order valence-corrected chi connectivity index (χ3v) is 3.70. The number of methoxy groups -OCH3 is 2. The van der Waals surface area contributed by atoms with E-state index in [0.29, 0.717) is 28.7 Å². The molecule has 2 aromatic carbocycles. The molecule has 0 saturated heterocycles. The number of anilines is 1. The molecule has 3 rings (SSSR count). The van der Waals surface area contributed by atoms with E-state index in [4.69, 9.17) is 9.47 Å². The van der Waals surface area contributed by atoms with E-state index >= 15 is 0 Å². The second-order valence-corrected chi connectivity index (χ2v) is 5.39. The summed E-state index contributed by atoms with van der Waals surface area (Å²) >= 11 is 0. The van der Waals surface area contributed by atoms with Crippen molar-refractivity contribution in [1.29, 1.82) is 0 Å². The van der Waals surface area contributed by atoms with Gasteiger partial charge in [-0.1, -0.05) is 0 Å². The molecule has 0 aliphatic rings. The van der Waals surface area contributed by atoms with Crippen molar-refractivity contribution in [3.05, 3.63) is 59.9 Å². The fourth-order valence-corrected chi connectivity index (χ4v) is 2.40. The molecule has 8 heteroatoms. The van der Waals surface area contributed by atoms with Crippen molar-refractivity contribution >= 4 is 11.6 Å². The molecule has 1 N–H and O–H groups in total. The zero-order valence-electron chi connectivity index (χ0n) is 14.5. The Labute approximate surface area is 149 Å². The van der Waals surface area contributed by atoms with Crippen molar-refractivity contribution in [3.63, 3.8) is 0 Å². The minimum Gasteiger partial charge on any atom is -0.497 e. The van der Waals surface area contributed by atoms with Gasteiger partial charge in [0.15, 0.2) is 0 Å². The molecule has 0 bridgehead atoms. The summed E-state index contributed by atoms with van der Waals surface area (Å²) in [4.78, 5) is 16.7. The number of rotatable bonds is 5. The molecule has 0 radical (unpaired) electrons. The molecule has 1 aromatic heterocycles. The van der Waals surface area contributed by atoms with E-state index in [1.165, 1.54) is 31.0 Å². The number of halogens is 1. The van der Waals surface area contributed by atoms with E-state index in [9.17, 15) is 9.18 Å². The minimum atomic E-state index is -0.500. The molecule has 0 unspecified atom stereocenters. The number of nitrogens with one attached hydrogen (secondary N) is 1. The molecule has 0 spiro atoms. The quantitative estimate of drug-likeness (QED) is 0.760. The molecule has 1 heterocycles. The van der Waals surface area contributed by atoms with E-state index in [0.717, 1.165) is 0 Å². The van der Waals surface area contributed by atoms with Crippen LogP contribution in [0.15, 0.2) is 42.5 Å². The van der Waals surface area contributed by atoms with Gasteiger partial charge in [-0.3, -0.25) is 4.79 Å². The van der Waals surface area contributed by atoms with Crippen molar-refractivity contribution in [2.45, 2.75) is 6.92 Å². The fraction of sp³-hybridized carbons (Fsp3) is 0.167. The van der Waals surface area contributed by atoms with Crippen molar-refractivity contribution in [1.82, 2.24) is 14.8 Å². The predicted octanol–water partition coefficient (Wildman–Crippen LogP) is 2.98. The number of hydrogen-bond acceptors (Lipinski definition) is 5. The normalized spacial score (nSPS) is 10.5. The van der Waals surface area contributed by atoms with Crippen molar-refractivity contribution < 1.29 is 18.7 Å². The van der Waals surface area contributed by atoms with E-state index in [1.807, 2.05) is 0 Å². The Morgan fingerprint density at radius 2 is 1.85 bits per heavy atom. The molecule has 26 heavy (non-hydrogen) atoms. The van der Waals surface area contributed by atoms with Crippen molar-refractivity contribution in [3.8, 4) is 17.2 Å². The van der Waals surface area contributed by atoms with Crippen LogP contribution in [0.4, 0.5) is 10.1 Å². The Balaban J connectivity index is 1.87. The van der Waals surface area contributed by atoms with Gasteiger partial charge in [-0.25, -0.2) is 14.1 Å². The third kappa shape index (κ3) is 3.49. The first-order valence-electron chi connectivity index (χ1n) is 7.75. The number of aromatic nitrogens is 3. The van der Waals surface area contributed by atoms with Gasteiger partial charge in [0.2, 0.25) is 5.82 Å². The largest absolute Gasteiger partial charge is 0.497 e. The number of hydrogen-bond donors (Lipinski definition) is 1. The van der Waals surface area contributed by atoms with Gasteiger partial charge in [0.05, 0.1) is 25.6 Å². The Hall–Kier alpha value is -3.42. The number of amides is 1. The third-order valence-electron chi connectivity index (χ3n) is 3.70. The average Bonchev–Trinajstić information content (AvgIpc) is 3.04. The molecule has 0 fully saturated rings. The lowest BCUT2D eigenvalue weighted by atomic mass is 10.2. The number of benzene rings is 2. The first kappa shape index (κ1) is 17.4. The number of ether oxygens (including phenoxy) is 2. The molecular weight excluding hydrogens is 339 g/mol. The molecule has 0 atom stereocenters. The van der Waals surface area contributed by atoms with Crippen LogP contribution < -0.4 is 14.8 Å². The Morgan fingerprint density at radius 1 is 1.12 bits per heavy atom. The highest BCUT2D eigenvalue weighted by molar-refractivity contribution is 6.02. The molecule has 0 aliphatic heterocycles. The van der Waals surface area contributed by atoms with Crippen LogP contribution in [0.2, 0.25) is 0 Å². The lowest BCUT2D eigenvalue weighted by Crippen LogP contribution is -2.15. The monoisotopic (exact) mass is 356 g/mol. The maximum absolute atomic E-state index is 13.1. The molecule has 134 valence electrons. The van der Waals surface area contributed by atoms with Gasteiger partial charge in [-0.15, -0.1) is 5.10 Å². The number of aryl methyl sites for hydroxylation is 1. The van der Waals surface area contributed by atoms with E-state index in [1.54, 1.807) is 37.3 Å². The maximum atomic E-state index is 13.1. The highest BCUT2D eigenvalue weighted by Gasteiger charge is 2.17. The van der Waals surface area contributed by atoms with Gasteiger partial charge in [-0.2, -0.15) is 0 Å². The zero-order valence-corrected chi connectivity index (χ0v) is 14.5. The van der Waals surface area contributed by atoms with E-state index in [-0.39, 0.29) is 11.6 Å². The first-order chi connectivity index (χ1) is 12.5. The molecule has 7 nitrogen and oxygen atoms in total. The van der Waals surface area contributed by atoms with Crippen LogP contribution in [0.25, 0.3) is 5.69 Å². The Morgan fingerprint density at radius 3 is 2.50 bits per heavy atom. The first-order valence-corrected chi connectivity index (χ1v) is 7.75. The fourth-order valence-electron chi connectivity index (χ4n) is 2.40. The summed E-state index contributed by atoms with van der Waals surface area (Å²) < 4.78 is 24.9. The number of carbonyl (C=O) groups excluding carboxylic acids is 1. The highest BCUT2D eigenvalue weighted by atomic mass is 19.1. The van der Waals surface area contributed by atoms with Gasteiger partial charge in [0.1, 0.15) is 23.1 Å². The van der Waals surface area contributed by atoms with Crippen LogP contribution in [0.1, 0.15) is 16.4 Å². The van der Waals surface area contributed by atoms with Gasteiger partial charge < -0.3 is 14.8 Å². The molecular formula is C18H17FN4O3. The smallest absolute Gasteiger partial charge is 0.295 e. The van der Waals surface area contributed by atoms with Crippen LogP contribution in [0.3, 0.4) is 0 Å². The summed E-state index contributed by atoms with van der Waals surface area (Å²) in [5.74, 6) is 0.683. The maximum Gasteiger partial charge on any atom is 0.295 e. The van der Waals surface area contributed by atoms with Crippen LogP contribution in [-0.2, 0) is 0 Å². The van der Waals surface area contributed by atoms with Gasteiger partial charge in [-0.05, 0) is 43.3 Å². The summed E-state index contributed by atoms with van der Waals surface area (Å²) in [7, 11) is 3.03. The SMILES string of the molecule is COc1ccc(OC)c(NC(=O)c2nc(C)n(-c3ccc(F)cc3)n2)c1. The number of carbonyl (C=O) groups is 1. The van der Waals surface area contributed by atoms with Crippen LogP contribution >= 0.6 is 0 Å². The molecule has 3 aromatic rings. The second kappa shape index (κ2) is 7.22. The van der Waals surface area contributed by atoms with Gasteiger partial charge in [0.25, 0.3) is 5.91 Å². The molecule has 0 aliphatic carbocycles. The second-order valence-electron chi connectivity index (χ2n) is 5.39. The Bertz CT molecular complexity index is 938. The topological polar surface area (TPSA) is 78.3 Å². The van der Waals surface area contributed by atoms with Gasteiger partial charge in [0, 0.05) is 6.07 Å². The lowest BCUT2D eigenvalue weighted by Gasteiger charge is -2.10. The van der Waals surface area contributed by atoms with Crippen molar-refractivity contribution in [2.24, 2.45) is 0 Å². The average molecular weight is 356 g/mol. The van der Waals surface area contributed by atoms with Crippen LogP contribution in [0, 0.1) is 12.7 Å².